The van der Waals surface area contributed by atoms with E-state index in [2.05, 4.69) is 65.1 Å². The lowest BCUT2D eigenvalue weighted by Crippen LogP contribution is -2.23. The van der Waals surface area contributed by atoms with Crippen LogP contribution in [0.1, 0.15) is 16.9 Å². The van der Waals surface area contributed by atoms with Gasteiger partial charge in [-0.3, -0.25) is 0 Å². The van der Waals surface area contributed by atoms with Gasteiger partial charge >= 0.3 is 0 Å². The second kappa shape index (κ2) is 8.10. The standard InChI is InChI=1S/C16H22N2S/c1-18(14-15-7-3-2-4-8-15)11-6-10-17-13-16-9-5-12-19-16/h2-5,7-9,12,17H,6,10-11,13-14H2,1H3. The van der Waals surface area contributed by atoms with Gasteiger partial charge in [0.25, 0.3) is 0 Å². The van der Waals surface area contributed by atoms with E-state index in [1.54, 1.807) is 0 Å². The van der Waals surface area contributed by atoms with Crippen LogP contribution in [0.2, 0.25) is 0 Å². The average Bonchev–Trinajstić information content (AvgIpc) is 2.92. The highest BCUT2D eigenvalue weighted by molar-refractivity contribution is 7.09. The van der Waals surface area contributed by atoms with Crippen LogP contribution in [-0.4, -0.2) is 25.0 Å². The molecular formula is C16H22N2S. The van der Waals surface area contributed by atoms with Crippen LogP contribution in [0.5, 0.6) is 0 Å². The maximum absolute atomic E-state index is 3.49. The maximum atomic E-state index is 3.49. The van der Waals surface area contributed by atoms with E-state index in [0.29, 0.717) is 0 Å². The number of hydrogen-bond acceptors (Lipinski definition) is 3. The molecule has 0 saturated heterocycles. The zero-order valence-electron chi connectivity index (χ0n) is 11.5. The van der Waals surface area contributed by atoms with Crippen molar-refractivity contribution in [3.63, 3.8) is 0 Å². The fraction of sp³-hybridized carbons (Fsp3) is 0.375. The van der Waals surface area contributed by atoms with Crippen LogP contribution in [-0.2, 0) is 13.1 Å². The average molecular weight is 274 g/mol. The number of hydrogen-bond donors (Lipinski definition) is 1. The van der Waals surface area contributed by atoms with Crippen molar-refractivity contribution in [1.29, 1.82) is 0 Å². The van der Waals surface area contributed by atoms with Crippen LogP contribution in [0.4, 0.5) is 0 Å². The predicted molar refractivity (Wildman–Crippen MR) is 83.4 cm³/mol. The third kappa shape index (κ3) is 5.55. The van der Waals surface area contributed by atoms with Gasteiger partial charge in [0.15, 0.2) is 0 Å². The van der Waals surface area contributed by atoms with Crippen molar-refractivity contribution >= 4 is 11.3 Å². The van der Waals surface area contributed by atoms with Gasteiger partial charge in [-0.25, -0.2) is 0 Å². The highest BCUT2D eigenvalue weighted by Crippen LogP contribution is 2.07. The van der Waals surface area contributed by atoms with Gasteiger partial charge in [-0.05, 0) is 43.6 Å². The molecule has 0 amide bonds. The van der Waals surface area contributed by atoms with Crippen LogP contribution in [0, 0.1) is 0 Å². The molecule has 2 nitrogen and oxygen atoms in total. The fourth-order valence-corrected chi connectivity index (χ4v) is 2.75. The van der Waals surface area contributed by atoms with E-state index in [1.807, 2.05) is 11.3 Å². The minimum absolute atomic E-state index is 1.00. The summed E-state index contributed by atoms with van der Waals surface area (Å²) < 4.78 is 0. The topological polar surface area (TPSA) is 15.3 Å². The molecule has 19 heavy (non-hydrogen) atoms. The van der Waals surface area contributed by atoms with Gasteiger partial charge in [0, 0.05) is 18.0 Å². The molecule has 102 valence electrons. The Bertz CT molecular complexity index is 439. The van der Waals surface area contributed by atoms with Crippen LogP contribution < -0.4 is 5.32 Å². The molecule has 0 radical (unpaired) electrons. The summed E-state index contributed by atoms with van der Waals surface area (Å²) in [5, 5.41) is 5.62. The molecule has 0 aliphatic heterocycles. The molecule has 2 rings (SSSR count). The van der Waals surface area contributed by atoms with E-state index in [0.717, 1.165) is 26.2 Å². The Balaban J connectivity index is 1.55. The minimum atomic E-state index is 1.00. The molecule has 1 N–H and O–H groups in total. The molecule has 1 aromatic carbocycles. The maximum Gasteiger partial charge on any atom is 0.0299 e. The molecule has 0 unspecified atom stereocenters. The lowest BCUT2D eigenvalue weighted by atomic mass is 10.2. The number of nitrogens with one attached hydrogen (secondary N) is 1. The summed E-state index contributed by atoms with van der Waals surface area (Å²) in [5.74, 6) is 0. The second-order valence-electron chi connectivity index (χ2n) is 4.83. The van der Waals surface area contributed by atoms with Crippen LogP contribution in [0.3, 0.4) is 0 Å². The van der Waals surface area contributed by atoms with E-state index in [1.165, 1.54) is 16.9 Å². The summed E-state index contributed by atoms with van der Waals surface area (Å²) in [4.78, 5) is 3.79. The van der Waals surface area contributed by atoms with Crippen molar-refractivity contribution in [3.8, 4) is 0 Å². The zero-order valence-corrected chi connectivity index (χ0v) is 12.3. The zero-order chi connectivity index (χ0) is 13.3. The Morgan fingerprint density at radius 2 is 1.95 bits per heavy atom. The van der Waals surface area contributed by atoms with Gasteiger partial charge in [0.05, 0.1) is 0 Å². The molecule has 3 heteroatoms. The molecule has 0 bridgehead atoms. The first-order chi connectivity index (χ1) is 9.34. The second-order valence-corrected chi connectivity index (χ2v) is 5.87. The molecule has 0 atom stereocenters. The van der Waals surface area contributed by atoms with Crippen LogP contribution in [0.15, 0.2) is 47.8 Å². The third-order valence-electron chi connectivity index (χ3n) is 3.07. The van der Waals surface area contributed by atoms with Crippen molar-refractivity contribution in [2.24, 2.45) is 0 Å². The van der Waals surface area contributed by atoms with Crippen molar-refractivity contribution in [2.75, 3.05) is 20.1 Å². The Labute approximate surface area is 120 Å². The molecule has 2 aromatic rings. The lowest BCUT2D eigenvalue weighted by molar-refractivity contribution is 0.319. The summed E-state index contributed by atoms with van der Waals surface area (Å²) >= 11 is 1.82. The van der Waals surface area contributed by atoms with E-state index >= 15 is 0 Å². The highest BCUT2D eigenvalue weighted by atomic mass is 32.1. The van der Waals surface area contributed by atoms with Gasteiger partial charge in [-0.1, -0.05) is 36.4 Å². The van der Waals surface area contributed by atoms with E-state index in [9.17, 15) is 0 Å². The van der Waals surface area contributed by atoms with Gasteiger partial charge in [0.1, 0.15) is 0 Å². The first kappa shape index (κ1) is 14.3. The molecule has 1 heterocycles. The van der Waals surface area contributed by atoms with Crippen molar-refractivity contribution in [2.45, 2.75) is 19.5 Å². The summed E-state index contributed by atoms with van der Waals surface area (Å²) in [6.45, 7) is 4.25. The van der Waals surface area contributed by atoms with E-state index < -0.39 is 0 Å². The Hall–Kier alpha value is -1.16. The number of thiophene rings is 1. The summed E-state index contributed by atoms with van der Waals surface area (Å²) in [7, 11) is 2.19. The van der Waals surface area contributed by atoms with Gasteiger partial charge < -0.3 is 10.2 Å². The van der Waals surface area contributed by atoms with Crippen molar-refractivity contribution < 1.29 is 0 Å². The van der Waals surface area contributed by atoms with Crippen molar-refractivity contribution in [1.82, 2.24) is 10.2 Å². The molecule has 0 aliphatic carbocycles. The van der Waals surface area contributed by atoms with Gasteiger partial charge in [-0.15, -0.1) is 11.3 Å². The van der Waals surface area contributed by atoms with Crippen LogP contribution in [0.25, 0.3) is 0 Å². The summed E-state index contributed by atoms with van der Waals surface area (Å²) in [6, 6.07) is 14.9. The Kier molecular flexibility index (Phi) is 6.08. The van der Waals surface area contributed by atoms with Gasteiger partial charge in [0.2, 0.25) is 0 Å². The lowest BCUT2D eigenvalue weighted by Gasteiger charge is -2.16. The quantitative estimate of drug-likeness (QED) is 0.743. The SMILES string of the molecule is CN(CCCNCc1cccs1)Cc1ccccc1. The number of rotatable bonds is 8. The molecule has 0 spiro atoms. The molecule has 0 fully saturated rings. The predicted octanol–water partition coefficient (Wildman–Crippen LogP) is 3.36. The van der Waals surface area contributed by atoms with Crippen molar-refractivity contribution in [3.05, 3.63) is 58.3 Å². The molecular weight excluding hydrogens is 252 g/mol. The normalized spacial score (nSPS) is 11.1. The minimum Gasteiger partial charge on any atom is -0.312 e. The van der Waals surface area contributed by atoms with Crippen LogP contribution >= 0.6 is 11.3 Å². The number of benzene rings is 1. The van der Waals surface area contributed by atoms with E-state index in [4.69, 9.17) is 0 Å². The highest BCUT2D eigenvalue weighted by Gasteiger charge is 1.99. The Morgan fingerprint density at radius 3 is 2.68 bits per heavy atom. The smallest absolute Gasteiger partial charge is 0.0299 e. The summed E-state index contributed by atoms with van der Waals surface area (Å²) in [5.41, 5.74) is 1.39. The largest absolute Gasteiger partial charge is 0.312 e. The first-order valence-corrected chi connectivity index (χ1v) is 7.68. The van der Waals surface area contributed by atoms with Gasteiger partial charge in [-0.2, -0.15) is 0 Å². The summed E-state index contributed by atoms with van der Waals surface area (Å²) in [6.07, 6.45) is 1.19. The molecule has 0 saturated carbocycles. The molecule has 1 aromatic heterocycles. The third-order valence-corrected chi connectivity index (χ3v) is 3.94. The monoisotopic (exact) mass is 274 g/mol. The Morgan fingerprint density at radius 1 is 1.11 bits per heavy atom. The van der Waals surface area contributed by atoms with E-state index in [-0.39, 0.29) is 0 Å². The number of nitrogens with zero attached hydrogens (tertiary/aromatic N) is 1. The molecule has 0 aliphatic rings. The fourth-order valence-electron chi connectivity index (χ4n) is 2.07. The first-order valence-electron chi connectivity index (χ1n) is 6.80.